The van der Waals surface area contributed by atoms with Crippen molar-refractivity contribution in [2.24, 2.45) is 0 Å². The molecule has 2 aromatic heterocycles. The highest BCUT2D eigenvalue weighted by molar-refractivity contribution is 5.94. The van der Waals surface area contributed by atoms with Crippen LogP contribution < -0.4 is 4.90 Å². The second-order valence-electron chi connectivity index (χ2n) is 11.1. The molecule has 0 aliphatic carbocycles. The number of anilines is 1. The molecule has 2 aliphatic rings. The van der Waals surface area contributed by atoms with Crippen LogP contribution in [0.3, 0.4) is 0 Å². The first kappa shape index (κ1) is 27.4. The number of likely N-dealkylation sites (tertiary alicyclic amines) is 1. The molecule has 40 heavy (non-hydrogen) atoms. The van der Waals surface area contributed by atoms with Crippen molar-refractivity contribution >= 4 is 23.8 Å². The van der Waals surface area contributed by atoms with Crippen LogP contribution in [0.4, 0.5) is 15.0 Å². The van der Waals surface area contributed by atoms with Crippen LogP contribution in [0.25, 0.3) is 17.5 Å². The Morgan fingerprint density at radius 3 is 2.65 bits per heavy atom. The summed E-state index contributed by atoms with van der Waals surface area (Å²) in [5.41, 5.74) is 1.93. The smallest absolute Gasteiger partial charge is 0.410 e. The van der Waals surface area contributed by atoms with E-state index in [-0.39, 0.29) is 18.0 Å². The van der Waals surface area contributed by atoms with Crippen molar-refractivity contribution < 1.29 is 13.9 Å². The molecule has 4 heterocycles. The molecule has 5 rings (SSSR count). The first-order valence-corrected chi connectivity index (χ1v) is 13.7. The molecule has 2 fully saturated rings. The monoisotopic (exact) mass is 545 g/mol. The maximum Gasteiger partial charge on any atom is 0.410 e. The van der Waals surface area contributed by atoms with E-state index in [4.69, 9.17) is 15.1 Å². The van der Waals surface area contributed by atoms with Gasteiger partial charge in [0, 0.05) is 32.7 Å². The number of pyridine rings is 1. The maximum absolute atomic E-state index is 13.8. The number of halogens is 1. The average molecular weight is 546 g/mol. The second-order valence-corrected chi connectivity index (χ2v) is 11.1. The van der Waals surface area contributed by atoms with Gasteiger partial charge in [0.1, 0.15) is 28.9 Å². The standard InChI is InChI=1S/C30H36FN7O2/c1-30(2,3)40-29(39)37-17-15-36(16-18-37)28-11-5-9-23(35-28)24-20-33-27(34-24)13-12-26(32)38-14-6-10-25(38)21-7-4-8-22(31)19-21/h4-5,7-9,11-13,19-20,25,32H,6,10,14-18H2,1-3H3,(H,33,34)/b13-12-,32-26?. The van der Waals surface area contributed by atoms with Gasteiger partial charge in [-0.05, 0) is 75.6 Å². The maximum atomic E-state index is 13.8. The van der Waals surface area contributed by atoms with Gasteiger partial charge in [0.2, 0.25) is 0 Å². The Balaban J connectivity index is 1.21. The molecule has 1 atom stereocenters. The Bertz CT molecular complexity index is 1390. The van der Waals surface area contributed by atoms with Gasteiger partial charge in [-0.15, -0.1) is 0 Å². The third kappa shape index (κ3) is 6.50. The van der Waals surface area contributed by atoms with Crippen molar-refractivity contribution in [2.45, 2.75) is 45.3 Å². The van der Waals surface area contributed by atoms with Gasteiger partial charge in [-0.3, -0.25) is 5.41 Å². The Morgan fingerprint density at radius 1 is 1.12 bits per heavy atom. The summed E-state index contributed by atoms with van der Waals surface area (Å²) in [5.74, 6) is 1.58. The van der Waals surface area contributed by atoms with Crippen molar-refractivity contribution in [3.63, 3.8) is 0 Å². The molecular formula is C30H36FN7O2. The number of amidine groups is 1. The summed E-state index contributed by atoms with van der Waals surface area (Å²) in [7, 11) is 0. The van der Waals surface area contributed by atoms with E-state index in [1.165, 1.54) is 6.07 Å². The lowest BCUT2D eigenvalue weighted by atomic mass is 10.0. The van der Waals surface area contributed by atoms with Crippen molar-refractivity contribution in [1.29, 1.82) is 5.41 Å². The molecule has 0 spiro atoms. The van der Waals surface area contributed by atoms with Crippen LogP contribution in [0.1, 0.15) is 51.0 Å². The number of ether oxygens (including phenoxy) is 1. The third-order valence-corrected chi connectivity index (χ3v) is 7.06. The van der Waals surface area contributed by atoms with E-state index in [0.717, 1.165) is 42.2 Å². The highest BCUT2D eigenvalue weighted by Gasteiger charge is 2.28. The number of imidazole rings is 1. The normalized spacial score (nSPS) is 18.0. The number of amides is 1. The predicted molar refractivity (Wildman–Crippen MR) is 154 cm³/mol. The number of piperazine rings is 1. The minimum Gasteiger partial charge on any atom is -0.444 e. The molecule has 210 valence electrons. The van der Waals surface area contributed by atoms with Crippen LogP contribution in [0.15, 0.2) is 54.7 Å². The van der Waals surface area contributed by atoms with Crippen LogP contribution in [0.2, 0.25) is 0 Å². The summed E-state index contributed by atoms with van der Waals surface area (Å²) >= 11 is 0. The van der Waals surface area contributed by atoms with E-state index in [2.05, 4.69) is 14.9 Å². The molecule has 0 radical (unpaired) electrons. The fourth-order valence-corrected chi connectivity index (χ4v) is 5.11. The molecule has 2 N–H and O–H groups in total. The number of hydrogen-bond donors (Lipinski definition) is 2. The van der Waals surface area contributed by atoms with Crippen LogP contribution in [-0.4, -0.2) is 75.0 Å². The van der Waals surface area contributed by atoms with Crippen LogP contribution >= 0.6 is 0 Å². The largest absolute Gasteiger partial charge is 0.444 e. The van der Waals surface area contributed by atoms with Gasteiger partial charge in [-0.25, -0.2) is 19.2 Å². The molecule has 3 aromatic rings. The number of aromatic amines is 1. The van der Waals surface area contributed by atoms with Gasteiger partial charge in [0.05, 0.1) is 23.6 Å². The second kappa shape index (κ2) is 11.5. The third-order valence-electron chi connectivity index (χ3n) is 7.06. The van der Waals surface area contributed by atoms with Gasteiger partial charge >= 0.3 is 6.09 Å². The molecule has 2 saturated heterocycles. The molecule has 9 nitrogen and oxygen atoms in total. The molecule has 10 heteroatoms. The van der Waals surface area contributed by atoms with Crippen LogP contribution in [0, 0.1) is 11.2 Å². The summed E-state index contributed by atoms with van der Waals surface area (Å²) in [6.07, 6.45) is 6.82. The quantitative estimate of drug-likeness (QED) is 0.325. The number of aromatic nitrogens is 3. The van der Waals surface area contributed by atoms with E-state index in [9.17, 15) is 9.18 Å². The van der Waals surface area contributed by atoms with Crippen LogP contribution in [0.5, 0.6) is 0 Å². The number of H-pyrrole nitrogens is 1. The molecular weight excluding hydrogens is 509 g/mol. The summed E-state index contributed by atoms with van der Waals surface area (Å²) in [6.45, 7) is 8.85. The van der Waals surface area contributed by atoms with Crippen molar-refractivity contribution in [3.8, 4) is 11.4 Å². The predicted octanol–water partition coefficient (Wildman–Crippen LogP) is 5.50. The Kier molecular flexibility index (Phi) is 7.86. The van der Waals surface area contributed by atoms with Crippen molar-refractivity contribution in [1.82, 2.24) is 24.8 Å². The van der Waals surface area contributed by atoms with E-state index in [0.29, 0.717) is 37.8 Å². The zero-order valence-corrected chi connectivity index (χ0v) is 23.2. The molecule has 0 saturated carbocycles. The Hall–Kier alpha value is -4.21. The lowest BCUT2D eigenvalue weighted by Crippen LogP contribution is -2.50. The lowest BCUT2D eigenvalue weighted by molar-refractivity contribution is 0.0240. The van der Waals surface area contributed by atoms with Gasteiger partial charge in [0.25, 0.3) is 0 Å². The van der Waals surface area contributed by atoms with Crippen molar-refractivity contribution in [3.05, 3.63) is 71.9 Å². The summed E-state index contributed by atoms with van der Waals surface area (Å²) in [4.78, 5) is 30.9. The highest BCUT2D eigenvalue weighted by Crippen LogP contribution is 2.32. The summed E-state index contributed by atoms with van der Waals surface area (Å²) < 4.78 is 19.3. The zero-order chi connectivity index (χ0) is 28.3. The number of carbonyl (C=O) groups is 1. The zero-order valence-electron chi connectivity index (χ0n) is 23.2. The number of carbonyl (C=O) groups excluding carboxylic acids is 1. The molecule has 2 aliphatic heterocycles. The van der Waals surface area contributed by atoms with E-state index in [1.807, 2.05) is 49.9 Å². The first-order valence-electron chi connectivity index (χ1n) is 13.7. The summed E-state index contributed by atoms with van der Waals surface area (Å²) in [6, 6.07) is 12.5. The molecule has 1 amide bonds. The van der Waals surface area contributed by atoms with E-state index < -0.39 is 5.60 Å². The topological polar surface area (TPSA) is 101 Å². The molecule has 1 unspecified atom stereocenters. The minimum atomic E-state index is -0.512. The van der Waals surface area contributed by atoms with Crippen molar-refractivity contribution in [2.75, 3.05) is 37.6 Å². The van der Waals surface area contributed by atoms with Gasteiger partial charge in [0.15, 0.2) is 0 Å². The number of nitrogens with zero attached hydrogens (tertiary/aromatic N) is 5. The average Bonchev–Trinajstić information content (AvgIpc) is 3.61. The number of rotatable bonds is 5. The number of hydrogen-bond acceptors (Lipinski definition) is 6. The first-order chi connectivity index (χ1) is 19.2. The SMILES string of the molecule is CC(C)(C)OC(=O)N1CCN(c2cccc(-c3cnc(/C=C\C(=N)N4CCCC4c4cccc(F)c4)[nH]3)n2)CC1. The van der Waals surface area contributed by atoms with Gasteiger partial charge in [-0.1, -0.05) is 18.2 Å². The number of nitrogens with one attached hydrogen (secondary N) is 2. The van der Waals surface area contributed by atoms with Gasteiger partial charge < -0.3 is 24.4 Å². The van der Waals surface area contributed by atoms with E-state index >= 15 is 0 Å². The molecule has 1 aromatic carbocycles. The number of benzene rings is 1. The molecule has 0 bridgehead atoms. The highest BCUT2D eigenvalue weighted by atomic mass is 19.1. The Morgan fingerprint density at radius 2 is 1.90 bits per heavy atom. The minimum absolute atomic E-state index is 0.00189. The fourth-order valence-electron chi connectivity index (χ4n) is 5.11. The van der Waals surface area contributed by atoms with Gasteiger partial charge in [-0.2, -0.15) is 0 Å². The van der Waals surface area contributed by atoms with E-state index in [1.54, 1.807) is 35.4 Å². The Labute approximate surface area is 234 Å². The fraction of sp³-hybridized carbons (Fsp3) is 0.400. The lowest BCUT2D eigenvalue weighted by Gasteiger charge is -2.36. The van der Waals surface area contributed by atoms with Crippen LogP contribution in [-0.2, 0) is 4.74 Å². The summed E-state index contributed by atoms with van der Waals surface area (Å²) in [5, 5.41) is 8.62.